The minimum atomic E-state index is -0.116. The lowest BCUT2D eigenvalue weighted by atomic mass is 10.0. The lowest BCUT2D eigenvalue weighted by Crippen LogP contribution is -2.51. The summed E-state index contributed by atoms with van der Waals surface area (Å²) in [4.78, 5) is 20.1. The number of hydrogen-bond donors (Lipinski definition) is 1. The molecule has 2 heterocycles. The molecule has 6 heteroatoms. The number of carbonyl (C=O) groups excluding carboxylic acids is 1. The first-order chi connectivity index (χ1) is 15.6. The van der Waals surface area contributed by atoms with Gasteiger partial charge >= 0.3 is 0 Å². The summed E-state index contributed by atoms with van der Waals surface area (Å²) < 4.78 is 5.89. The van der Waals surface area contributed by atoms with Gasteiger partial charge in [0.2, 0.25) is 0 Å². The molecule has 2 aromatic rings. The molecule has 0 N–H and O–H groups in total. The summed E-state index contributed by atoms with van der Waals surface area (Å²) in [6.07, 6.45) is 3.41. The minimum Gasteiger partial charge on any atom is -0.494 e. The van der Waals surface area contributed by atoms with Crippen LogP contribution < -0.4 is 9.64 Å². The second kappa shape index (κ2) is 11.2. The van der Waals surface area contributed by atoms with E-state index in [1.807, 2.05) is 37.3 Å². The Hall–Kier alpha value is -2.02. The molecule has 5 nitrogen and oxygen atoms in total. The zero-order valence-corrected chi connectivity index (χ0v) is 19.9. The fourth-order valence-electron chi connectivity index (χ4n) is 4.66. The lowest BCUT2D eigenvalue weighted by Gasteiger charge is -2.38. The van der Waals surface area contributed by atoms with Gasteiger partial charge in [-0.1, -0.05) is 18.2 Å². The number of ether oxygens (including phenoxy) is 1. The number of thiol groups is 1. The molecule has 2 aliphatic rings. The van der Waals surface area contributed by atoms with Crippen molar-refractivity contribution >= 4 is 24.1 Å². The lowest BCUT2D eigenvalue weighted by molar-refractivity contribution is 0.0830. The van der Waals surface area contributed by atoms with Crippen LogP contribution in [0.4, 0.5) is 5.69 Å². The van der Waals surface area contributed by atoms with Crippen molar-refractivity contribution in [1.29, 1.82) is 0 Å². The van der Waals surface area contributed by atoms with Crippen LogP contribution in [-0.2, 0) is 0 Å². The van der Waals surface area contributed by atoms with Crippen LogP contribution >= 0.6 is 12.6 Å². The number of hydrogen-bond acceptors (Lipinski definition) is 6. The highest BCUT2D eigenvalue weighted by atomic mass is 32.1. The van der Waals surface area contributed by atoms with E-state index < -0.39 is 0 Å². The van der Waals surface area contributed by atoms with E-state index in [1.165, 1.54) is 18.5 Å². The number of benzene rings is 2. The fraction of sp³-hybridized carbons (Fsp3) is 0.500. The van der Waals surface area contributed by atoms with Crippen LogP contribution in [0.25, 0.3) is 0 Å². The van der Waals surface area contributed by atoms with Gasteiger partial charge in [0.05, 0.1) is 18.0 Å². The number of carbonyl (C=O) groups is 1. The van der Waals surface area contributed by atoms with Crippen LogP contribution in [0.5, 0.6) is 5.75 Å². The summed E-state index contributed by atoms with van der Waals surface area (Å²) in [5.41, 5.74) is 2.01. The number of para-hydroxylation sites is 1. The Bertz CT molecular complexity index is 853. The third kappa shape index (κ3) is 5.85. The van der Waals surface area contributed by atoms with E-state index in [2.05, 4.69) is 51.6 Å². The molecule has 2 unspecified atom stereocenters. The number of rotatable bonds is 9. The maximum atomic E-state index is 13.0. The van der Waals surface area contributed by atoms with Crippen LogP contribution in [-0.4, -0.2) is 72.9 Å². The number of piperazine rings is 1. The number of nitrogens with zero attached hydrogens (tertiary/aromatic N) is 3. The van der Waals surface area contributed by atoms with Crippen molar-refractivity contribution in [3.05, 3.63) is 60.2 Å². The molecule has 0 amide bonds. The van der Waals surface area contributed by atoms with Crippen molar-refractivity contribution in [3.63, 3.8) is 0 Å². The van der Waals surface area contributed by atoms with Gasteiger partial charge in [-0.3, -0.25) is 14.6 Å². The molecule has 0 radical (unpaired) electrons. The number of ketones is 1. The van der Waals surface area contributed by atoms with Crippen LogP contribution in [0.15, 0.2) is 54.6 Å². The average molecular weight is 454 g/mol. The molecular weight excluding hydrogens is 418 g/mol. The molecule has 0 spiro atoms. The highest BCUT2D eigenvalue weighted by molar-refractivity contribution is 7.80. The summed E-state index contributed by atoms with van der Waals surface area (Å²) >= 11 is 4.61. The highest BCUT2D eigenvalue weighted by Gasteiger charge is 2.26. The van der Waals surface area contributed by atoms with E-state index in [-0.39, 0.29) is 11.8 Å². The zero-order chi connectivity index (χ0) is 22.3. The second-order valence-electron chi connectivity index (χ2n) is 8.78. The second-order valence-corrected chi connectivity index (χ2v) is 9.38. The van der Waals surface area contributed by atoms with Gasteiger partial charge in [0.1, 0.15) is 5.75 Å². The first kappa shape index (κ1) is 23.1. The number of Topliss-reactive ketones (excluding diaryl/α,β-unsaturated/α-hetero) is 1. The van der Waals surface area contributed by atoms with Crippen LogP contribution in [0.2, 0.25) is 0 Å². The van der Waals surface area contributed by atoms with Gasteiger partial charge < -0.3 is 9.64 Å². The Morgan fingerprint density at radius 2 is 1.75 bits per heavy atom. The predicted octanol–water partition coefficient (Wildman–Crippen LogP) is 4.20. The van der Waals surface area contributed by atoms with Gasteiger partial charge in [-0.15, -0.1) is 0 Å². The standard InChI is InChI=1S/C26H35N3O2S/c1-21(27-16-18-28(19-17-27)23-7-3-2-4-8-23)26(30)22-10-12-24(13-11-22)31-20-6-15-29-14-5-9-25(29)32/h2-4,7-8,10-13,21,25,32H,5-6,9,14-20H2,1H3. The van der Waals surface area contributed by atoms with Gasteiger partial charge in [-0.05, 0) is 69.1 Å². The van der Waals surface area contributed by atoms with E-state index in [0.717, 1.165) is 57.0 Å². The SMILES string of the molecule is CC(C(=O)c1ccc(OCCCN2CCCC2S)cc1)N1CCN(c2ccccc2)CC1. The number of anilines is 1. The molecule has 2 saturated heterocycles. The first-order valence-corrected chi connectivity index (χ1v) is 12.4. The third-order valence-electron chi connectivity index (χ3n) is 6.69. The largest absolute Gasteiger partial charge is 0.494 e. The van der Waals surface area contributed by atoms with Crippen LogP contribution in [0.1, 0.15) is 36.5 Å². The van der Waals surface area contributed by atoms with Gasteiger partial charge in [0.25, 0.3) is 0 Å². The predicted molar refractivity (Wildman–Crippen MR) is 134 cm³/mol. The maximum Gasteiger partial charge on any atom is 0.179 e. The van der Waals surface area contributed by atoms with E-state index in [0.29, 0.717) is 12.0 Å². The van der Waals surface area contributed by atoms with Crippen molar-refractivity contribution in [2.45, 2.75) is 37.6 Å². The van der Waals surface area contributed by atoms with Crippen LogP contribution in [0, 0.1) is 0 Å². The third-order valence-corrected chi connectivity index (χ3v) is 7.27. The van der Waals surface area contributed by atoms with Gasteiger partial charge in [-0.25, -0.2) is 0 Å². The number of likely N-dealkylation sites (tertiary alicyclic amines) is 1. The smallest absolute Gasteiger partial charge is 0.179 e. The average Bonchev–Trinajstić information content (AvgIpc) is 3.26. The Morgan fingerprint density at radius 3 is 2.41 bits per heavy atom. The molecule has 0 aromatic heterocycles. The van der Waals surface area contributed by atoms with Gasteiger partial charge in [0, 0.05) is 44.0 Å². The van der Waals surface area contributed by atoms with Crippen LogP contribution in [0.3, 0.4) is 0 Å². The summed E-state index contributed by atoms with van der Waals surface area (Å²) in [6.45, 7) is 8.56. The van der Waals surface area contributed by atoms with Gasteiger partial charge in [-0.2, -0.15) is 12.6 Å². The quantitative estimate of drug-likeness (QED) is 0.350. The molecule has 172 valence electrons. The Morgan fingerprint density at radius 1 is 1.03 bits per heavy atom. The van der Waals surface area contributed by atoms with Crippen molar-refractivity contribution in [2.24, 2.45) is 0 Å². The van der Waals surface area contributed by atoms with E-state index in [1.54, 1.807) is 0 Å². The minimum absolute atomic E-state index is 0.116. The Balaban J connectivity index is 1.21. The van der Waals surface area contributed by atoms with Crippen molar-refractivity contribution in [3.8, 4) is 5.75 Å². The van der Waals surface area contributed by atoms with Crippen molar-refractivity contribution in [1.82, 2.24) is 9.80 Å². The van der Waals surface area contributed by atoms with Crippen molar-refractivity contribution < 1.29 is 9.53 Å². The molecule has 4 rings (SSSR count). The van der Waals surface area contributed by atoms with E-state index >= 15 is 0 Å². The first-order valence-electron chi connectivity index (χ1n) is 11.8. The van der Waals surface area contributed by atoms with E-state index in [4.69, 9.17) is 4.74 Å². The summed E-state index contributed by atoms with van der Waals surface area (Å²) in [5, 5.41) is 0.406. The molecule has 2 aromatic carbocycles. The Kier molecular flexibility index (Phi) is 8.11. The van der Waals surface area contributed by atoms with E-state index in [9.17, 15) is 4.79 Å². The topological polar surface area (TPSA) is 36.0 Å². The molecular formula is C26H35N3O2S. The highest BCUT2D eigenvalue weighted by Crippen LogP contribution is 2.21. The molecule has 2 aliphatic heterocycles. The Labute approximate surface area is 197 Å². The summed E-state index contributed by atoms with van der Waals surface area (Å²) in [6, 6.07) is 18.0. The molecule has 0 saturated carbocycles. The molecule has 0 aliphatic carbocycles. The van der Waals surface area contributed by atoms with Crippen molar-refractivity contribution in [2.75, 3.05) is 50.8 Å². The fourth-order valence-corrected chi connectivity index (χ4v) is 5.07. The summed E-state index contributed by atoms with van der Waals surface area (Å²) in [7, 11) is 0. The molecule has 2 fully saturated rings. The maximum absolute atomic E-state index is 13.0. The molecule has 32 heavy (non-hydrogen) atoms. The van der Waals surface area contributed by atoms with Gasteiger partial charge in [0.15, 0.2) is 5.78 Å². The zero-order valence-electron chi connectivity index (χ0n) is 19.0. The molecule has 0 bridgehead atoms. The molecule has 2 atom stereocenters. The monoisotopic (exact) mass is 453 g/mol. The summed E-state index contributed by atoms with van der Waals surface area (Å²) in [5.74, 6) is 1.01. The normalized spacial score (nSPS) is 20.9.